The molecule has 0 aliphatic carbocycles. The number of amides is 1. The summed E-state index contributed by atoms with van der Waals surface area (Å²) < 4.78 is 0. The highest BCUT2D eigenvalue weighted by Gasteiger charge is 2.13. The Hall–Kier alpha value is -0.570. The van der Waals surface area contributed by atoms with Gasteiger partial charge in [0.25, 0.3) is 0 Å². The van der Waals surface area contributed by atoms with E-state index in [2.05, 4.69) is 26.1 Å². The fraction of sp³-hybridized carbons (Fsp3) is 0.909. The molecule has 0 spiro atoms. The first-order valence-electron chi connectivity index (χ1n) is 5.59. The van der Waals surface area contributed by atoms with Gasteiger partial charge in [0.15, 0.2) is 0 Å². The van der Waals surface area contributed by atoms with E-state index in [1.54, 1.807) is 0 Å². The molecule has 1 atom stereocenters. The molecule has 14 heavy (non-hydrogen) atoms. The van der Waals surface area contributed by atoms with Crippen LogP contribution in [-0.4, -0.2) is 37.0 Å². The minimum atomic E-state index is 0.194. The zero-order chi connectivity index (χ0) is 11.0. The Morgan fingerprint density at radius 1 is 1.36 bits per heavy atom. The molecule has 0 heterocycles. The lowest BCUT2D eigenvalue weighted by Crippen LogP contribution is -2.40. The van der Waals surface area contributed by atoms with Gasteiger partial charge >= 0.3 is 0 Å². The predicted octanol–water partition coefficient (Wildman–Crippen LogP) is 1.63. The lowest BCUT2D eigenvalue weighted by Gasteiger charge is -2.24. The molecular formula is C11H24N2O. The van der Waals surface area contributed by atoms with Crippen molar-refractivity contribution in [2.75, 3.05) is 20.1 Å². The maximum absolute atomic E-state index is 11.6. The molecule has 0 aromatic carbocycles. The van der Waals surface area contributed by atoms with Crippen LogP contribution in [0.3, 0.4) is 0 Å². The SMILES string of the molecule is CCCNCC(=O)N(C)C(C)CCC. The number of rotatable bonds is 7. The van der Waals surface area contributed by atoms with Gasteiger partial charge in [-0.25, -0.2) is 0 Å². The second-order valence-electron chi connectivity index (χ2n) is 3.82. The molecule has 3 heteroatoms. The van der Waals surface area contributed by atoms with E-state index in [0.29, 0.717) is 12.6 Å². The topological polar surface area (TPSA) is 32.3 Å². The molecule has 0 aromatic heterocycles. The highest BCUT2D eigenvalue weighted by Crippen LogP contribution is 2.03. The summed E-state index contributed by atoms with van der Waals surface area (Å²) in [5.74, 6) is 0.194. The van der Waals surface area contributed by atoms with Gasteiger partial charge in [-0.2, -0.15) is 0 Å². The third-order valence-electron chi connectivity index (χ3n) is 2.46. The number of nitrogens with zero attached hydrogens (tertiary/aromatic N) is 1. The van der Waals surface area contributed by atoms with Crippen LogP contribution in [-0.2, 0) is 4.79 Å². The number of hydrogen-bond donors (Lipinski definition) is 1. The van der Waals surface area contributed by atoms with E-state index in [1.165, 1.54) is 0 Å². The van der Waals surface area contributed by atoms with Gasteiger partial charge in [0.05, 0.1) is 6.54 Å². The van der Waals surface area contributed by atoms with Crippen LogP contribution in [0.25, 0.3) is 0 Å². The summed E-state index contributed by atoms with van der Waals surface area (Å²) in [6.45, 7) is 7.73. The van der Waals surface area contributed by atoms with Crippen LogP contribution in [0.5, 0.6) is 0 Å². The molecule has 0 saturated heterocycles. The van der Waals surface area contributed by atoms with E-state index in [0.717, 1.165) is 25.8 Å². The van der Waals surface area contributed by atoms with Crippen molar-refractivity contribution in [1.29, 1.82) is 0 Å². The summed E-state index contributed by atoms with van der Waals surface area (Å²) in [6, 6.07) is 0.357. The minimum absolute atomic E-state index is 0.194. The highest BCUT2D eigenvalue weighted by molar-refractivity contribution is 5.78. The Morgan fingerprint density at radius 3 is 2.50 bits per heavy atom. The minimum Gasteiger partial charge on any atom is -0.342 e. The number of carbonyl (C=O) groups is 1. The largest absolute Gasteiger partial charge is 0.342 e. The number of likely N-dealkylation sites (N-methyl/N-ethyl adjacent to an activating group) is 1. The second-order valence-corrected chi connectivity index (χ2v) is 3.82. The fourth-order valence-electron chi connectivity index (χ4n) is 1.35. The molecule has 0 aromatic rings. The third-order valence-corrected chi connectivity index (χ3v) is 2.46. The standard InChI is InChI=1S/C11H24N2O/c1-5-7-10(3)13(4)11(14)9-12-8-6-2/h10,12H,5-9H2,1-4H3. The van der Waals surface area contributed by atoms with Crippen molar-refractivity contribution >= 4 is 5.91 Å². The van der Waals surface area contributed by atoms with Gasteiger partial charge in [-0.3, -0.25) is 4.79 Å². The first-order chi connectivity index (χ1) is 6.63. The monoisotopic (exact) mass is 200 g/mol. The predicted molar refractivity (Wildman–Crippen MR) is 60.3 cm³/mol. The van der Waals surface area contributed by atoms with Crippen LogP contribution in [0, 0.1) is 0 Å². The molecule has 0 aliphatic heterocycles. The average Bonchev–Trinajstić information content (AvgIpc) is 2.17. The van der Waals surface area contributed by atoms with Crippen LogP contribution >= 0.6 is 0 Å². The van der Waals surface area contributed by atoms with Crippen LogP contribution in [0.2, 0.25) is 0 Å². The average molecular weight is 200 g/mol. The quantitative estimate of drug-likeness (QED) is 0.634. The van der Waals surface area contributed by atoms with Gasteiger partial charge in [-0.05, 0) is 26.3 Å². The van der Waals surface area contributed by atoms with Crippen molar-refractivity contribution in [2.24, 2.45) is 0 Å². The van der Waals surface area contributed by atoms with Gasteiger partial charge in [0.2, 0.25) is 5.91 Å². The van der Waals surface area contributed by atoms with Crippen molar-refractivity contribution in [3.63, 3.8) is 0 Å². The van der Waals surface area contributed by atoms with Crippen molar-refractivity contribution < 1.29 is 4.79 Å². The fourth-order valence-corrected chi connectivity index (χ4v) is 1.35. The van der Waals surface area contributed by atoms with Crippen molar-refractivity contribution in [3.8, 4) is 0 Å². The molecule has 1 N–H and O–H groups in total. The van der Waals surface area contributed by atoms with E-state index < -0.39 is 0 Å². The summed E-state index contributed by atoms with van der Waals surface area (Å²) in [5, 5.41) is 3.12. The smallest absolute Gasteiger partial charge is 0.236 e. The lowest BCUT2D eigenvalue weighted by molar-refractivity contribution is -0.130. The molecule has 0 rings (SSSR count). The van der Waals surface area contributed by atoms with E-state index in [1.807, 2.05) is 11.9 Å². The summed E-state index contributed by atoms with van der Waals surface area (Å²) in [5.41, 5.74) is 0. The second kappa shape index (κ2) is 7.80. The molecule has 1 unspecified atom stereocenters. The Balaban J connectivity index is 3.74. The first kappa shape index (κ1) is 13.4. The zero-order valence-electron chi connectivity index (χ0n) is 9.97. The van der Waals surface area contributed by atoms with Crippen molar-refractivity contribution in [1.82, 2.24) is 10.2 Å². The summed E-state index contributed by atoms with van der Waals surface area (Å²) in [4.78, 5) is 13.4. The van der Waals surface area contributed by atoms with E-state index in [-0.39, 0.29) is 5.91 Å². The molecule has 84 valence electrons. The van der Waals surface area contributed by atoms with Crippen LogP contribution in [0.4, 0.5) is 0 Å². The number of carbonyl (C=O) groups excluding carboxylic acids is 1. The van der Waals surface area contributed by atoms with Gasteiger partial charge < -0.3 is 10.2 Å². The zero-order valence-corrected chi connectivity index (χ0v) is 9.97. The molecular weight excluding hydrogens is 176 g/mol. The summed E-state index contributed by atoms with van der Waals surface area (Å²) >= 11 is 0. The molecule has 3 nitrogen and oxygen atoms in total. The summed E-state index contributed by atoms with van der Waals surface area (Å²) in [6.07, 6.45) is 3.28. The van der Waals surface area contributed by atoms with E-state index in [4.69, 9.17) is 0 Å². The maximum Gasteiger partial charge on any atom is 0.236 e. The van der Waals surface area contributed by atoms with Gasteiger partial charge in [0.1, 0.15) is 0 Å². The van der Waals surface area contributed by atoms with E-state index in [9.17, 15) is 4.79 Å². The van der Waals surface area contributed by atoms with Crippen LogP contribution in [0.1, 0.15) is 40.0 Å². The highest BCUT2D eigenvalue weighted by atomic mass is 16.2. The molecule has 0 saturated carbocycles. The Morgan fingerprint density at radius 2 is 2.00 bits per heavy atom. The number of nitrogens with one attached hydrogen (secondary N) is 1. The summed E-state index contributed by atoms with van der Waals surface area (Å²) in [7, 11) is 1.89. The Labute approximate surface area is 87.9 Å². The van der Waals surface area contributed by atoms with Crippen molar-refractivity contribution in [3.05, 3.63) is 0 Å². The molecule has 1 amide bonds. The van der Waals surface area contributed by atoms with Gasteiger partial charge in [0, 0.05) is 13.1 Å². The van der Waals surface area contributed by atoms with Crippen LogP contribution < -0.4 is 5.32 Å². The van der Waals surface area contributed by atoms with Gasteiger partial charge in [-0.1, -0.05) is 20.3 Å². The number of hydrogen-bond acceptors (Lipinski definition) is 2. The normalized spacial score (nSPS) is 12.6. The Kier molecular flexibility index (Phi) is 7.48. The van der Waals surface area contributed by atoms with Crippen molar-refractivity contribution in [2.45, 2.75) is 46.1 Å². The third kappa shape index (κ3) is 5.22. The molecule has 0 aliphatic rings. The molecule has 0 radical (unpaired) electrons. The molecule has 0 fully saturated rings. The lowest BCUT2D eigenvalue weighted by atomic mass is 10.2. The Bertz CT molecular complexity index is 159. The molecule has 0 bridgehead atoms. The first-order valence-corrected chi connectivity index (χ1v) is 5.59. The van der Waals surface area contributed by atoms with E-state index >= 15 is 0 Å². The van der Waals surface area contributed by atoms with Gasteiger partial charge in [-0.15, -0.1) is 0 Å². The maximum atomic E-state index is 11.6. The van der Waals surface area contributed by atoms with Crippen LogP contribution in [0.15, 0.2) is 0 Å².